The number of carbonyl (C=O) groups excluding carboxylic acids is 1. The van der Waals surface area contributed by atoms with Crippen molar-refractivity contribution >= 4 is 17.3 Å². The molecule has 1 amide bonds. The third-order valence-electron chi connectivity index (χ3n) is 7.34. The van der Waals surface area contributed by atoms with Gasteiger partial charge in [0, 0.05) is 47.5 Å². The molecular weight excluding hydrogens is 382 g/mol. The number of nitrogens with zero attached hydrogens (tertiary/aromatic N) is 2. The number of nitrogens with one attached hydrogen (secondary N) is 1. The number of hydrogen-bond donors (Lipinski definition) is 1. The lowest BCUT2D eigenvalue weighted by Crippen LogP contribution is -2.47. The molecule has 0 radical (unpaired) electrons. The molecule has 1 aromatic carbocycles. The zero-order valence-corrected chi connectivity index (χ0v) is 20.0. The predicted molar refractivity (Wildman–Crippen MR) is 131 cm³/mol. The maximum atomic E-state index is 13.3. The average Bonchev–Trinajstić information content (AvgIpc) is 3.56. The Morgan fingerprint density at radius 3 is 2.71 bits per heavy atom. The van der Waals surface area contributed by atoms with Crippen LogP contribution in [0.4, 0.5) is 11.4 Å². The summed E-state index contributed by atoms with van der Waals surface area (Å²) in [5, 5.41) is 3.59. The number of piperidine rings is 1. The average molecular weight is 424 g/mol. The van der Waals surface area contributed by atoms with Crippen LogP contribution in [0.3, 0.4) is 0 Å². The molecule has 4 heteroatoms. The Morgan fingerprint density at radius 2 is 2.03 bits per heavy atom. The van der Waals surface area contributed by atoms with Crippen molar-refractivity contribution in [3.63, 3.8) is 0 Å². The van der Waals surface area contributed by atoms with Crippen LogP contribution in [0.15, 0.2) is 30.5 Å². The van der Waals surface area contributed by atoms with Gasteiger partial charge in [0.2, 0.25) is 5.91 Å². The normalized spacial score (nSPS) is 25.3. The molecule has 4 nitrogen and oxygen atoms in total. The molecule has 1 aromatic rings. The number of amides is 1. The maximum Gasteiger partial charge on any atom is 0.232 e. The molecule has 0 unspecified atom stereocenters. The van der Waals surface area contributed by atoms with Gasteiger partial charge in [-0.05, 0) is 62.3 Å². The summed E-state index contributed by atoms with van der Waals surface area (Å²) in [4.78, 5) is 17.9. The minimum absolute atomic E-state index is 0.273. The van der Waals surface area contributed by atoms with Gasteiger partial charge in [0.25, 0.3) is 0 Å². The fourth-order valence-corrected chi connectivity index (χ4v) is 5.42. The lowest BCUT2D eigenvalue weighted by Gasteiger charge is -2.40. The van der Waals surface area contributed by atoms with E-state index in [0.29, 0.717) is 17.9 Å². The van der Waals surface area contributed by atoms with E-state index in [9.17, 15) is 4.79 Å². The van der Waals surface area contributed by atoms with E-state index < -0.39 is 0 Å². The van der Waals surface area contributed by atoms with Crippen molar-refractivity contribution in [3.05, 3.63) is 36.0 Å². The number of unbranched alkanes of at least 4 members (excludes halogenated alkanes) is 2. The van der Waals surface area contributed by atoms with Crippen LogP contribution in [-0.2, 0) is 11.2 Å². The molecule has 2 heterocycles. The van der Waals surface area contributed by atoms with Crippen molar-refractivity contribution in [1.29, 1.82) is 0 Å². The van der Waals surface area contributed by atoms with E-state index >= 15 is 0 Å². The highest BCUT2D eigenvalue weighted by Crippen LogP contribution is 2.43. The molecule has 0 aromatic heterocycles. The first-order valence-electron chi connectivity index (χ1n) is 12.5. The molecule has 2 aliphatic heterocycles. The van der Waals surface area contributed by atoms with E-state index in [2.05, 4.69) is 67.6 Å². The first kappa shape index (κ1) is 22.4. The molecule has 4 rings (SSSR count). The van der Waals surface area contributed by atoms with Gasteiger partial charge in [-0.1, -0.05) is 53.2 Å². The summed E-state index contributed by atoms with van der Waals surface area (Å²) in [6.45, 7) is 16.3. The van der Waals surface area contributed by atoms with Gasteiger partial charge >= 0.3 is 0 Å². The van der Waals surface area contributed by atoms with Gasteiger partial charge in [-0.2, -0.15) is 0 Å². The lowest BCUT2D eigenvalue weighted by atomic mass is 9.80. The molecule has 0 spiro atoms. The number of carbonyl (C=O) groups is 1. The fraction of sp³-hybridized carbons (Fsp3) is 0.667. The van der Waals surface area contributed by atoms with E-state index in [1.54, 1.807) is 0 Å². The van der Waals surface area contributed by atoms with Crippen LogP contribution < -0.4 is 15.1 Å². The van der Waals surface area contributed by atoms with Crippen molar-refractivity contribution in [2.75, 3.05) is 29.4 Å². The zero-order chi connectivity index (χ0) is 22.2. The Balaban J connectivity index is 1.64. The van der Waals surface area contributed by atoms with E-state index in [1.165, 1.54) is 42.6 Å². The van der Waals surface area contributed by atoms with E-state index in [1.807, 2.05) is 0 Å². The number of rotatable bonds is 8. The van der Waals surface area contributed by atoms with Crippen LogP contribution in [0.25, 0.3) is 0 Å². The van der Waals surface area contributed by atoms with E-state index in [0.717, 1.165) is 44.6 Å². The van der Waals surface area contributed by atoms with Crippen molar-refractivity contribution in [3.8, 4) is 0 Å². The molecule has 1 saturated carbocycles. The Labute approximate surface area is 189 Å². The first-order chi connectivity index (χ1) is 14.8. The third-order valence-corrected chi connectivity index (χ3v) is 7.34. The summed E-state index contributed by atoms with van der Waals surface area (Å²) in [6.07, 6.45) is 7.89. The summed E-state index contributed by atoms with van der Waals surface area (Å²) >= 11 is 0. The highest BCUT2D eigenvalue weighted by molar-refractivity contribution is 6.00. The van der Waals surface area contributed by atoms with Gasteiger partial charge in [-0.25, -0.2) is 0 Å². The number of benzene rings is 1. The van der Waals surface area contributed by atoms with Gasteiger partial charge < -0.3 is 15.1 Å². The van der Waals surface area contributed by atoms with Gasteiger partial charge in [-0.3, -0.25) is 4.79 Å². The lowest BCUT2D eigenvalue weighted by molar-refractivity contribution is -0.127. The van der Waals surface area contributed by atoms with E-state index in [-0.39, 0.29) is 11.3 Å². The molecule has 170 valence electrons. The second-order valence-electron chi connectivity index (χ2n) is 10.8. The molecule has 1 aliphatic carbocycles. The molecule has 1 saturated heterocycles. The Hall–Kier alpha value is -1.81. The van der Waals surface area contributed by atoms with Crippen molar-refractivity contribution in [1.82, 2.24) is 5.32 Å². The third kappa shape index (κ3) is 4.69. The summed E-state index contributed by atoms with van der Waals surface area (Å²) in [5.74, 6) is 1.45. The second kappa shape index (κ2) is 8.97. The highest BCUT2D eigenvalue weighted by Gasteiger charge is 2.40. The minimum Gasteiger partial charge on any atom is -0.342 e. The zero-order valence-electron chi connectivity index (χ0n) is 20.0. The summed E-state index contributed by atoms with van der Waals surface area (Å²) in [7, 11) is 0. The molecule has 0 bridgehead atoms. The largest absolute Gasteiger partial charge is 0.342 e. The Bertz CT molecular complexity index is 826. The van der Waals surface area contributed by atoms with Crippen LogP contribution in [0, 0.1) is 17.3 Å². The molecule has 31 heavy (non-hydrogen) atoms. The standard InChI is InChI=1S/C27H41N3O/c1-6-7-8-13-29-25-15-24(10-9-21(25)16-27(4,5)26(29)31)30(23-11-12-23)20(3)22-14-19(2)17-28-18-22/h9-10,15,19,22-23,28H,3,6-8,11-14,16-18H2,1-2,4-5H3/t19-,22+/m0/s1. The molecule has 2 fully saturated rings. The molecule has 1 N–H and O–H groups in total. The van der Waals surface area contributed by atoms with Crippen molar-refractivity contribution < 1.29 is 4.79 Å². The van der Waals surface area contributed by atoms with Crippen molar-refractivity contribution in [2.45, 2.75) is 78.7 Å². The minimum atomic E-state index is -0.329. The first-order valence-corrected chi connectivity index (χ1v) is 12.5. The van der Waals surface area contributed by atoms with Gasteiger partial charge in [0.1, 0.15) is 0 Å². The fourth-order valence-electron chi connectivity index (χ4n) is 5.42. The smallest absolute Gasteiger partial charge is 0.232 e. The van der Waals surface area contributed by atoms with Crippen LogP contribution >= 0.6 is 0 Å². The summed E-state index contributed by atoms with van der Waals surface area (Å²) < 4.78 is 0. The molecule has 3 aliphatic rings. The summed E-state index contributed by atoms with van der Waals surface area (Å²) in [6, 6.07) is 7.40. The number of hydrogen-bond acceptors (Lipinski definition) is 3. The maximum absolute atomic E-state index is 13.3. The quantitative estimate of drug-likeness (QED) is 0.559. The number of fused-ring (bicyclic) bond motifs is 1. The van der Waals surface area contributed by atoms with Gasteiger partial charge in [-0.15, -0.1) is 0 Å². The monoisotopic (exact) mass is 423 g/mol. The van der Waals surface area contributed by atoms with Gasteiger partial charge in [0.15, 0.2) is 0 Å². The van der Waals surface area contributed by atoms with E-state index in [4.69, 9.17) is 0 Å². The topological polar surface area (TPSA) is 35.6 Å². The Kier molecular flexibility index (Phi) is 6.48. The van der Waals surface area contributed by atoms with Crippen LogP contribution in [-0.4, -0.2) is 31.6 Å². The molecule has 2 atom stereocenters. The van der Waals surface area contributed by atoms with Crippen molar-refractivity contribution in [2.24, 2.45) is 17.3 Å². The second-order valence-corrected chi connectivity index (χ2v) is 10.8. The predicted octanol–water partition coefficient (Wildman–Crippen LogP) is 5.52. The van der Waals surface area contributed by atoms with Gasteiger partial charge in [0.05, 0.1) is 0 Å². The van der Waals surface area contributed by atoms with Crippen LogP contribution in [0.2, 0.25) is 0 Å². The Morgan fingerprint density at radius 1 is 1.26 bits per heavy atom. The van der Waals surface area contributed by atoms with Crippen LogP contribution in [0.5, 0.6) is 0 Å². The highest BCUT2D eigenvalue weighted by atomic mass is 16.2. The SMILES string of the molecule is C=C([C@H]1CNC[C@@H](C)C1)N(c1ccc2c(c1)N(CCCCC)C(=O)C(C)(C)C2)C1CC1. The van der Waals surface area contributed by atoms with Crippen LogP contribution in [0.1, 0.15) is 71.8 Å². The number of anilines is 2. The molecular formula is C27H41N3O. The summed E-state index contributed by atoms with van der Waals surface area (Å²) in [5.41, 5.74) is 4.58.